The number of allylic oxidation sites excluding steroid dienone is 1. The summed E-state index contributed by atoms with van der Waals surface area (Å²) in [5.74, 6) is -0.543. The fourth-order valence-corrected chi connectivity index (χ4v) is 2.91. The molecular formula is C24H24O3. The largest absolute Gasteiger partial charge is 0.508 e. The third kappa shape index (κ3) is 5.86. The molecule has 0 heterocycles. The van der Waals surface area contributed by atoms with Crippen molar-refractivity contribution >= 4 is 17.1 Å². The first-order valence-corrected chi connectivity index (χ1v) is 8.85. The Balaban J connectivity index is 0.000000596. The van der Waals surface area contributed by atoms with Crippen molar-refractivity contribution in [1.29, 1.82) is 0 Å². The first-order chi connectivity index (χ1) is 13.0. The van der Waals surface area contributed by atoms with Crippen LogP contribution in [0.1, 0.15) is 37.0 Å². The Morgan fingerprint density at radius 1 is 0.741 bits per heavy atom. The van der Waals surface area contributed by atoms with Gasteiger partial charge in [0.15, 0.2) is 0 Å². The van der Waals surface area contributed by atoms with E-state index < -0.39 is 5.97 Å². The van der Waals surface area contributed by atoms with Gasteiger partial charge in [-0.15, -0.1) is 0 Å². The first-order valence-electron chi connectivity index (χ1n) is 8.85. The lowest BCUT2D eigenvalue weighted by atomic mass is 9.88. The van der Waals surface area contributed by atoms with Crippen molar-refractivity contribution in [3.05, 3.63) is 102 Å². The van der Waals surface area contributed by atoms with E-state index in [9.17, 15) is 5.11 Å². The van der Waals surface area contributed by atoms with Crippen molar-refractivity contribution in [2.75, 3.05) is 0 Å². The van der Waals surface area contributed by atoms with Crippen molar-refractivity contribution in [3.63, 3.8) is 0 Å². The third-order valence-electron chi connectivity index (χ3n) is 4.00. The molecule has 0 amide bonds. The maximum absolute atomic E-state index is 9.61. The molecule has 27 heavy (non-hydrogen) atoms. The molecule has 0 unspecified atom stereocenters. The standard InChI is InChI=1S/C22H20O.C2H4O2/c1-2-21(17-9-5-3-6-10-17)22(18-11-7-4-8-12-18)19-13-15-20(23)16-14-19;1-2(3)4/h3-16,23H,2H2,1H3;1H3,(H,3,4). The number of aliphatic carboxylic acids is 1. The van der Waals surface area contributed by atoms with Gasteiger partial charge in [0.05, 0.1) is 0 Å². The second kappa shape index (κ2) is 9.97. The quantitative estimate of drug-likeness (QED) is 0.574. The molecule has 2 N–H and O–H groups in total. The van der Waals surface area contributed by atoms with E-state index in [1.807, 2.05) is 24.3 Å². The van der Waals surface area contributed by atoms with E-state index in [4.69, 9.17) is 9.90 Å². The Hall–Kier alpha value is -3.33. The maximum Gasteiger partial charge on any atom is 0.300 e. The van der Waals surface area contributed by atoms with Crippen LogP contribution in [-0.2, 0) is 4.79 Å². The molecule has 0 aliphatic carbocycles. The molecule has 3 aromatic carbocycles. The van der Waals surface area contributed by atoms with Crippen LogP contribution in [0.15, 0.2) is 84.9 Å². The number of rotatable bonds is 4. The molecule has 3 nitrogen and oxygen atoms in total. The van der Waals surface area contributed by atoms with Crippen LogP contribution in [0.3, 0.4) is 0 Å². The minimum Gasteiger partial charge on any atom is -0.508 e. The first kappa shape index (κ1) is 20.0. The fourth-order valence-electron chi connectivity index (χ4n) is 2.91. The summed E-state index contributed by atoms with van der Waals surface area (Å²) in [7, 11) is 0. The van der Waals surface area contributed by atoms with Crippen molar-refractivity contribution in [2.45, 2.75) is 20.3 Å². The normalized spacial score (nSPS) is 11.0. The molecule has 0 spiro atoms. The highest BCUT2D eigenvalue weighted by Crippen LogP contribution is 2.34. The monoisotopic (exact) mass is 360 g/mol. The van der Waals surface area contributed by atoms with Gasteiger partial charge >= 0.3 is 0 Å². The van der Waals surface area contributed by atoms with E-state index in [2.05, 4.69) is 55.5 Å². The number of benzene rings is 3. The molecule has 0 saturated carbocycles. The number of phenolic OH excluding ortho intramolecular Hbond substituents is 1. The van der Waals surface area contributed by atoms with Gasteiger partial charge in [0, 0.05) is 6.92 Å². The van der Waals surface area contributed by atoms with Crippen molar-refractivity contribution in [2.24, 2.45) is 0 Å². The van der Waals surface area contributed by atoms with Crippen LogP contribution in [0.25, 0.3) is 11.1 Å². The highest BCUT2D eigenvalue weighted by atomic mass is 16.4. The van der Waals surface area contributed by atoms with E-state index in [1.54, 1.807) is 12.1 Å². The summed E-state index contributed by atoms with van der Waals surface area (Å²) in [6, 6.07) is 28.4. The second-order valence-corrected chi connectivity index (χ2v) is 6.01. The summed E-state index contributed by atoms with van der Waals surface area (Å²) < 4.78 is 0. The van der Waals surface area contributed by atoms with Crippen molar-refractivity contribution < 1.29 is 15.0 Å². The molecule has 3 heteroatoms. The van der Waals surface area contributed by atoms with Gasteiger partial charge < -0.3 is 10.2 Å². The van der Waals surface area contributed by atoms with Gasteiger partial charge in [0.25, 0.3) is 5.97 Å². The summed E-state index contributed by atoms with van der Waals surface area (Å²) in [6.45, 7) is 3.27. The second-order valence-electron chi connectivity index (χ2n) is 6.01. The van der Waals surface area contributed by atoms with E-state index in [0.29, 0.717) is 5.75 Å². The molecule has 0 aromatic heterocycles. The number of carbonyl (C=O) groups is 1. The van der Waals surface area contributed by atoms with Crippen LogP contribution in [0, 0.1) is 0 Å². The Morgan fingerprint density at radius 3 is 1.59 bits per heavy atom. The summed E-state index contributed by atoms with van der Waals surface area (Å²) in [5, 5.41) is 17.0. The Kier molecular flexibility index (Phi) is 7.38. The highest BCUT2D eigenvalue weighted by molar-refractivity contribution is 5.98. The van der Waals surface area contributed by atoms with Gasteiger partial charge in [-0.3, -0.25) is 4.79 Å². The molecule has 0 aliphatic heterocycles. The Bertz CT molecular complexity index is 876. The lowest BCUT2D eigenvalue weighted by Gasteiger charge is -2.16. The number of hydrogen-bond acceptors (Lipinski definition) is 2. The zero-order valence-electron chi connectivity index (χ0n) is 15.6. The van der Waals surface area contributed by atoms with Crippen LogP contribution in [-0.4, -0.2) is 16.2 Å². The lowest BCUT2D eigenvalue weighted by molar-refractivity contribution is -0.134. The Labute approximate surface area is 160 Å². The van der Waals surface area contributed by atoms with E-state index in [1.165, 1.54) is 22.3 Å². The minimum atomic E-state index is -0.833. The van der Waals surface area contributed by atoms with Crippen LogP contribution in [0.5, 0.6) is 5.75 Å². The topological polar surface area (TPSA) is 57.5 Å². The molecular weight excluding hydrogens is 336 g/mol. The number of carboxylic acids is 1. The average molecular weight is 360 g/mol. The number of hydrogen-bond donors (Lipinski definition) is 2. The van der Waals surface area contributed by atoms with Gasteiger partial charge in [0.2, 0.25) is 0 Å². The van der Waals surface area contributed by atoms with Gasteiger partial charge in [-0.25, -0.2) is 0 Å². The number of aromatic hydroxyl groups is 1. The Morgan fingerprint density at radius 2 is 1.15 bits per heavy atom. The molecule has 0 fully saturated rings. The molecule has 3 aromatic rings. The lowest BCUT2D eigenvalue weighted by Crippen LogP contribution is -1.94. The summed E-state index contributed by atoms with van der Waals surface area (Å²) in [4.78, 5) is 9.00. The van der Waals surface area contributed by atoms with Gasteiger partial charge in [-0.05, 0) is 46.4 Å². The van der Waals surface area contributed by atoms with E-state index >= 15 is 0 Å². The van der Waals surface area contributed by atoms with Gasteiger partial charge in [0.1, 0.15) is 5.75 Å². The zero-order chi connectivity index (χ0) is 19.6. The molecule has 0 saturated heterocycles. The fraction of sp³-hybridized carbons (Fsp3) is 0.125. The van der Waals surface area contributed by atoms with Crippen molar-refractivity contribution in [3.8, 4) is 5.75 Å². The molecule has 0 atom stereocenters. The summed E-state index contributed by atoms with van der Waals surface area (Å²) in [5.41, 5.74) is 6.08. The molecule has 0 bridgehead atoms. The predicted molar refractivity (Wildman–Crippen MR) is 111 cm³/mol. The van der Waals surface area contributed by atoms with Crippen LogP contribution in [0.2, 0.25) is 0 Å². The summed E-state index contributed by atoms with van der Waals surface area (Å²) in [6.07, 6.45) is 0.940. The number of phenols is 1. The van der Waals surface area contributed by atoms with Crippen LogP contribution >= 0.6 is 0 Å². The van der Waals surface area contributed by atoms with Gasteiger partial charge in [-0.2, -0.15) is 0 Å². The number of carboxylic acid groups (broad SMARTS) is 1. The predicted octanol–water partition coefficient (Wildman–Crippen LogP) is 5.85. The minimum absolute atomic E-state index is 0.291. The van der Waals surface area contributed by atoms with Crippen molar-refractivity contribution in [1.82, 2.24) is 0 Å². The smallest absolute Gasteiger partial charge is 0.300 e. The van der Waals surface area contributed by atoms with Crippen LogP contribution < -0.4 is 0 Å². The van der Waals surface area contributed by atoms with E-state index in [-0.39, 0.29) is 0 Å². The van der Waals surface area contributed by atoms with E-state index in [0.717, 1.165) is 18.9 Å². The molecule has 0 aliphatic rings. The molecule has 3 rings (SSSR count). The van der Waals surface area contributed by atoms with Gasteiger partial charge in [-0.1, -0.05) is 79.7 Å². The third-order valence-corrected chi connectivity index (χ3v) is 4.00. The average Bonchev–Trinajstić information content (AvgIpc) is 2.68. The SMILES string of the molecule is CC(=O)O.CCC(=C(c1ccccc1)c1ccc(O)cc1)c1ccccc1. The maximum atomic E-state index is 9.61. The highest BCUT2D eigenvalue weighted by Gasteiger charge is 2.12. The zero-order valence-corrected chi connectivity index (χ0v) is 15.6. The summed E-state index contributed by atoms with van der Waals surface area (Å²) >= 11 is 0. The van der Waals surface area contributed by atoms with Crippen LogP contribution in [0.4, 0.5) is 0 Å². The molecule has 0 radical (unpaired) electrons. The molecule has 138 valence electrons.